The lowest BCUT2D eigenvalue weighted by atomic mass is 10.4. The van der Waals surface area contributed by atoms with Gasteiger partial charge in [-0.15, -0.1) is 11.3 Å². The Bertz CT molecular complexity index is 501. The molecule has 0 radical (unpaired) electrons. The van der Waals surface area contributed by atoms with Gasteiger partial charge in [-0.05, 0) is 34.8 Å². The topological polar surface area (TPSA) is 29.9 Å². The van der Waals surface area contributed by atoms with Crippen LogP contribution in [0.5, 0.6) is 0 Å². The van der Waals surface area contributed by atoms with E-state index in [1.807, 2.05) is 6.33 Å². The third-order valence-corrected chi connectivity index (χ3v) is 4.48. The number of nitrogens with zero attached hydrogens (tertiary/aromatic N) is 2. The van der Waals surface area contributed by atoms with Crippen LogP contribution in [0.4, 0.5) is 0 Å². The average molecular weight is 312 g/mol. The van der Waals surface area contributed by atoms with E-state index in [2.05, 4.69) is 48.4 Å². The normalized spacial score (nSPS) is 15.4. The van der Waals surface area contributed by atoms with Gasteiger partial charge in [0.25, 0.3) is 0 Å². The summed E-state index contributed by atoms with van der Waals surface area (Å²) in [6.45, 7) is 1.80. The highest BCUT2D eigenvalue weighted by atomic mass is 79.9. The number of nitrogens with one attached hydrogen (secondary N) is 1. The molecule has 1 fully saturated rings. The molecule has 2 heterocycles. The maximum atomic E-state index is 4.41. The Morgan fingerprint density at radius 1 is 1.53 bits per heavy atom. The van der Waals surface area contributed by atoms with Crippen LogP contribution in [0.1, 0.15) is 23.4 Å². The van der Waals surface area contributed by atoms with E-state index in [-0.39, 0.29) is 0 Å². The van der Waals surface area contributed by atoms with Crippen LogP contribution in [0.15, 0.2) is 28.4 Å². The molecule has 0 atom stereocenters. The van der Waals surface area contributed by atoms with E-state index in [0.717, 1.165) is 29.3 Å². The maximum absolute atomic E-state index is 4.41. The van der Waals surface area contributed by atoms with Gasteiger partial charge in [0.1, 0.15) is 0 Å². The second kappa shape index (κ2) is 4.92. The monoisotopic (exact) mass is 311 g/mol. The van der Waals surface area contributed by atoms with Crippen molar-refractivity contribution < 1.29 is 0 Å². The van der Waals surface area contributed by atoms with Crippen molar-refractivity contribution in [3.63, 3.8) is 0 Å². The van der Waals surface area contributed by atoms with Crippen molar-refractivity contribution in [1.29, 1.82) is 0 Å². The highest BCUT2D eigenvalue weighted by Gasteiger charge is 2.20. The zero-order valence-electron chi connectivity index (χ0n) is 9.40. The van der Waals surface area contributed by atoms with Gasteiger partial charge < -0.3 is 9.88 Å². The third-order valence-electron chi connectivity index (χ3n) is 2.80. The van der Waals surface area contributed by atoms with Crippen molar-refractivity contribution in [2.45, 2.75) is 32.0 Å². The summed E-state index contributed by atoms with van der Waals surface area (Å²) in [6.07, 6.45) is 6.69. The van der Waals surface area contributed by atoms with Gasteiger partial charge in [-0.25, -0.2) is 4.98 Å². The lowest BCUT2D eigenvalue weighted by Crippen LogP contribution is -2.15. The summed E-state index contributed by atoms with van der Waals surface area (Å²) in [5, 5.41) is 5.59. The predicted molar refractivity (Wildman–Crippen MR) is 73.2 cm³/mol. The number of hydrogen-bond acceptors (Lipinski definition) is 3. The largest absolute Gasteiger partial charge is 0.332 e. The first-order chi connectivity index (χ1) is 8.29. The fourth-order valence-corrected chi connectivity index (χ4v) is 3.20. The molecule has 0 spiro atoms. The van der Waals surface area contributed by atoms with Crippen LogP contribution in [0.25, 0.3) is 0 Å². The number of imidazole rings is 1. The lowest BCUT2D eigenvalue weighted by Gasteiger charge is -1.99. The van der Waals surface area contributed by atoms with Gasteiger partial charge >= 0.3 is 0 Å². The molecule has 2 aromatic rings. The minimum absolute atomic E-state index is 0.744. The summed E-state index contributed by atoms with van der Waals surface area (Å²) in [7, 11) is 0. The maximum Gasteiger partial charge on any atom is 0.0953 e. The van der Waals surface area contributed by atoms with Crippen LogP contribution >= 0.6 is 27.3 Å². The lowest BCUT2D eigenvalue weighted by molar-refractivity contribution is 0.676. The van der Waals surface area contributed by atoms with Crippen molar-refractivity contribution in [3.8, 4) is 0 Å². The van der Waals surface area contributed by atoms with Crippen molar-refractivity contribution in [1.82, 2.24) is 14.9 Å². The van der Waals surface area contributed by atoms with E-state index in [4.69, 9.17) is 0 Å². The van der Waals surface area contributed by atoms with Crippen molar-refractivity contribution in [2.24, 2.45) is 0 Å². The van der Waals surface area contributed by atoms with E-state index in [1.54, 1.807) is 11.3 Å². The highest BCUT2D eigenvalue weighted by Crippen LogP contribution is 2.21. The van der Waals surface area contributed by atoms with Crippen molar-refractivity contribution in [3.05, 3.63) is 39.0 Å². The summed E-state index contributed by atoms with van der Waals surface area (Å²) in [5.74, 6) is 0. The highest BCUT2D eigenvalue weighted by molar-refractivity contribution is 9.10. The molecule has 1 aliphatic carbocycles. The molecule has 1 aliphatic rings. The first kappa shape index (κ1) is 11.4. The van der Waals surface area contributed by atoms with E-state index in [1.165, 1.54) is 17.7 Å². The van der Waals surface area contributed by atoms with Crippen LogP contribution in [0.2, 0.25) is 0 Å². The van der Waals surface area contributed by atoms with Crippen molar-refractivity contribution >= 4 is 27.3 Å². The Balaban J connectivity index is 1.59. The second-order valence-electron chi connectivity index (χ2n) is 4.42. The minimum Gasteiger partial charge on any atom is -0.332 e. The zero-order chi connectivity index (χ0) is 11.7. The number of hydrogen-bond donors (Lipinski definition) is 1. The Labute approximate surface area is 113 Å². The van der Waals surface area contributed by atoms with Gasteiger partial charge in [-0.2, -0.15) is 0 Å². The Hall–Kier alpha value is -0.650. The quantitative estimate of drug-likeness (QED) is 0.920. The fraction of sp³-hybridized carbons (Fsp3) is 0.417. The Morgan fingerprint density at radius 3 is 3.12 bits per heavy atom. The van der Waals surface area contributed by atoms with Gasteiger partial charge in [-0.1, -0.05) is 0 Å². The molecular weight excluding hydrogens is 298 g/mol. The second-order valence-corrected chi connectivity index (χ2v) is 6.34. The summed E-state index contributed by atoms with van der Waals surface area (Å²) < 4.78 is 3.30. The predicted octanol–water partition coefficient (Wildman–Crippen LogP) is 3.01. The number of rotatable bonds is 5. The molecule has 0 aromatic carbocycles. The van der Waals surface area contributed by atoms with E-state index < -0.39 is 0 Å². The van der Waals surface area contributed by atoms with Gasteiger partial charge in [0, 0.05) is 33.5 Å². The van der Waals surface area contributed by atoms with Crippen molar-refractivity contribution in [2.75, 3.05) is 0 Å². The molecule has 0 amide bonds. The molecule has 0 aliphatic heterocycles. The van der Waals surface area contributed by atoms with E-state index in [0.29, 0.717) is 0 Å². The fourth-order valence-electron chi connectivity index (χ4n) is 1.74. The third kappa shape index (κ3) is 3.18. The summed E-state index contributed by atoms with van der Waals surface area (Å²) in [6, 6.07) is 2.90. The van der Waals surface area contributed by atoms with E-state index >= 15 is 0 Å². The van der Waals surface area contributed by atoms with Crippen LogP contribution in [0.3, 0.4) is 0 Å². The SMILES string of the molecule is Brc1csc(Cn2cnc(CNC3CC3)c2)c1. The number of thiophene rings is 1. The smallest absolute Gasteiger partial charge is 0.0953 e. The summed E-state index contributed by atoms with van der Waals surface area (Å²) in [4.78, 5) is 5.76. The Morgan fingerprint density at radius 2 is 2.41 bits per heavy atom. The van der Waals surface area contributed by atoms with Gasteiger partial charge in [0.05, 0.1) is 18.6 Å². The van der Waals surface area contributed by atoms with Crippen LogP contribution in [0, 0.1) is 0 Å². The standard InChI is InChI=1S/C12H14BrN3S/c13-9-3-12(17-7-9)6-16-5-11(15-8-16)4-14-10-1-2-10/h3,5,7-8,10,14H,1-2,4,6H2. The van der Waals surface area contributed by atoms with Crippen LogP contribution in [-0.4, -0.2) is 15.6 Å². The molecule has 90 valence electrons. The molecule has 3 nitrogen and oxygen atoms in total. The number of aromatic nitrogens is 2. The van der Waals surface area contributed by atoms with Crippen LogP contribution in [-0.2, 0) is 13.1 Å². The molecule has 1 saturated carbocycles. The first-order valence-electron chi connectivity index (χ1n) is 5.76. The zero-order valence-corrected chi connectivity index (χ0v) is 11.8. The summed E-state index contributed by atoms with van der Waals surface area (Å²) >= 11 is 5.24. The Kier molecular flexibility index (Phi) is 3.31. The number of halogens is 1. The van der Waals surface area contributed by atoms with Gasteiger partial charge in [0.2, 0.25) is 0 Å². The molecule has 17 heavy (non-hydrogen) atoms. The van der Waals surface area contributed by atoms with Crippen LogP contribution < -0.4 is 5.32 Å². The molecule has 0 saturated heterocycles. The molecule has 1 N–H and O–H groups in total. The molecule has 0 unspecified atom stereocenters. The molecular formula is C12H14BrN3S. The van der Waals surface area contributed by atoms with Gasteiger partial charge in [-0.3, -0.25) is 0 Å². The minimum atomic E-state index is 0.744. The van der Waals surface area contributed by atoms with E-state index in [9.17, 15) is 0 Å². The van der Waals surface area contributed by atoms with Gasteiger partial charge in [0.15, 0.2) is 0 Å². The molecule has 3 rings (SSSR count). The molecule has 5 heteroatoms. The first-order valence-corrected chi connectivity index (χ1v) is 7.44. The average Bonchev–Trinajstić information content (AvgIpc) is 2.90. The molecule has 0 bridgehead atoms. The molecule has 2 aromatic heterocycles. The summed E-state index contributed by atoms with van der Waals surface area (Å²) in [5.41, 5.74) is 1.13.